The van der Waals surface area contributed by atoms with Crippen molar-refractivity contribution in [3.63, 3.8) is 0 Å². The number of nitrogens with zero attached hydrogens (tertiary/aromatic N) is 4. The van der Waals surface area contributed by atoms with Crippen molar-refractivity contribution >= 4 is 27.9 Å². The molecule has 7 nitrogen and oxygen atoms in total. The molecule has 102 valence electrons. The number of nitrogens with two attached hydrogens (primary N) is 1. The zero-order valence-corrected chi connectivity index (χ0v) is 10.6. The minimum Gasteiger partial charge on any atom is -0.394 e. The van der Waals surface area contributed by atoms with E-state index in [9.17, 15) is 5.11 Å². The van der Waals surface area contributed by atoms with E-state index in [1.54, 1.807) is 12.3 Å². The second kappa shape index (κ2) is 4.95. The molecule has 0 saturated heterocycles. The third-order valence-electron chi connectivity index (χ3n) is 3.04. The maximum Gasteiger partial charge on any atom is 0.165 e. The summed E-state index contributed by atoms with van der Waals surface area (Å²) in [6.45, 7) is -0.285. The van der Waals surface area contributed by atoms with E-state index in [-0.39, 0.29) is 6.61 Å². The first kappa shape index (κ1) is 12.6. The average molecular weight is 271 g/mol. The van der Waals surface area contributed by atoms with E-state index < -0.39 is 6.10 Å². The lowest BCUT2D eigenvalue weighted by atomic mass is 10.1. The summed E-state index contributed by atoms with van der Waals surface area (Å²) in [5.41, 5.74) is 8.43. The third kappa shape index (κ3) is 2.24. The van der Waals surface area contributed by atoms with E-state index >= 15 is 0 Å². The standard InChI is InChI=1S/C13H13N5O2/c14-12-9-3-10-11(18-13(9)17-6-16-12)2-7(4-15-10)1-8(20)5-19/h2-4,6,8,19-20H,1,5H2,(H2,14,16,17,18)/t8-/m0/s1. The molecule has 0 amide bonds. The molecule has 0 unspecified atom stereocenters. The molecule has 20 heavy (non-hydrogen) atoms. The highest BCUT2D eigenvalue weighted by atomic mass is 16.3. The van der Waals surface area contributed by atoms with Crippen LogP contribution in [0.2, 0.25) is 0 Å². The Balaban J connectivity index is 2.12. The van der Waals surface area contributed by atoms with Crippen molar-refractivity contribution in [2.75, 3.05) is 12.3 Å². The Morgan fingerprint density at radius 3 is 2.80 bits per heavy atom. The van der Waals surface area contributed by atoms with Gasteiger partial charge in [-0.2, -0.15) is 0 Å². The summed E-state index contributed by atoms with van der Waals surface area (Å²) in [5, 5.41) is 19.0. The van der Waals surface area contributed by atoms with Crippen molar-refractivity contribution in [2.45, 2.75) is 12.5 Å². The zero-order valence-electron chi connectivity index (χ0n) is 10.6. The van der Waals surface area contributed by atoms with E-state index in [0.29, 0.717) is 34.3 Å². The quantitative estimate of drug-likeness (QED) is 0.576. The van der Waals surface area contributed by atoms with Gasteiger partial charge in [0, 0.05) is 12.6 Å². The van der Waals surface area contributed by atoms with Crippen LogP contribution in [-0.2, 0) is 6.42 Å². The third-order valence-corrected chi connectivity index (χ3v) is 3.04. The monoisotopic (exact) mass is 271 g/mol. The van der Waals surface area contributed by atoms with Crippen molar-refractivity contribution in [1.29, 1.82) is 0 Å². The molecule has 0 saturated carbocycles. The van der Waals surface area contributed by atoms with Crippen molar-refractivity contribution < 1.29 is 10.2 Å². The molecule has 0 aliphatic rings. The van der Waals surface area contributed by atoms with Crippen LogP contribution in [0.3, 0.4) is 0 Å². The lowest BCUT2D eigenvalue weighted by molar-refractivity contribution is 0.0955. The van der Waals surface area contributed by atoms with Crippen LogP contribution in [0.4, 0.5) is 5.82 Å². The SMILES string of the molecule is Nc1ncnc2nc3cc(C[C@H](O)CO)cnc3cc12. The Morgan fingerprint density at radius 2 is 2.00 bits per heavy atom. The molecule has 3 rings (SSSR count). The predicted octanol–water partition coefficient (Wildman–Crippen LogP) is 0.0509. The molecule has 0 aromatic carbocycles. The van der Waals surface area contributed by atoms with Gasteiger partial charge in [0.15, 0.2) is 5.65 Å². The van der Waals surface area contributed by atoms with Crippen LogP contribution < -0.4 is 5.73 Å². The highest BCUT2D eigenvalue weighted by molar-refractivity contribution is 5.94. The van der Waals surface area contributed by atoms with Gasteiger partial charge in [0.1, 0.15) is 12.1 Å². The fourth-order valence-electron chi connectivity index (χ4n) is 2.03. The largest absolute Gasteiger partial charge is 0.394 e. The fraction of sp³-hybridized carbons (Fsp3) is 0.231. The average Bonchev–Trinajstić information content (AvgIpc) is 2.46. The van der Waals surface area contributed by atoms with Crippen LogP contribution >= 0.6 is 0 Å². The Hall–Kier alpha value is -2.38. The van der Waals surface area contributed by atoms with E-state index in [2.05, 4.69) is 19.9 Å². The molecule has 4 N–H and O–H groups in total. The molecule has 1 atom stereocenters. The number of aliphatic hydroxyl groups excluding tert-OH is 2. The normalized spacial score (nSPS) is 12.9. The van der Waals surface area contributed by atoms with Gasteiger partial charge in [-0.05, 0) is 17.7 Å². The summed E-state index contributed by atoms with van der Waals surface area (Å²) in [4.78, 5) is 16.7. The summed E-state index contributed by atoms with van der Waals surface area (Å²) in [5.74, 6) is 0.367. The lowest BCUT2D eigenvalue weighted by Crippen LogP contribution is -2.15. The van der Waals surface area contributed by atoms with E-state index in [1.165, 1.54) is 6.33 Å². The van der Waals surface area contributed by atoms with E-state index in [1.807, 2.05) is 6.07 Å². The minimum absolute atomic E-state index is 0.285. The second-order valence-electron chi connectivity index (χ2n) is 4.54. The Kier molecular flexibility index (Phi) is 3.13. The maximum atomic E-state index is 9.46. The van der Waals surface area contributed by atoms with Crippen LogP contribution in [0.5, 0.6) is 0 Å². The van der Waals surface area contributed by atoms with E-state index in [4.69, 9.17) is 10.8 Å². The van der Waals surface area contributed by atoms with E-state index in [0.717, 1.165) is 5.56 Å². The molecule has 3 aromatic rings. The number of hydrogen-bond donors (Lipinski definition) is 3. The first-order valence-corrected chi connectivity index (χ1v) is 6.12. The van der Waals surface area contributed by atoms with Crippen molar-refractivity contribution in [1.82, 2.24) is 19.9 Å². The molecule has 3 heterocycles. The van der Waals surface area contributed by atoms with Crippen molar-refractivity contribution in [3.05, 3.63) is 30.2 Å². The Bertz CT molecular complexity index is 777. The molecular formula is C13H13N5O2. The predicted molar refractivity (Wildman–Crippen MR) is 73.8 cm³/mol. The highest BCUT2D eigenvalue weighted by Gasteiger charge is 2.08. The fourth-order valence-corrected chi connectivity index (χ4v) is 2.03. The molecule has 0 spiro atoms. The summed E-state index contributed by atoms with van der Waals surface area (Å²) in [7, 11) is 0. The molecular weight excluding hydrogens is 258 g/mol. The number of rotatable bonds is 3. The van der Waals surface area contributed by atoms with Crippen molar-refractivity contribution in [3.8, 4) is 0 Å². The molecule has 0 bridgehead atoms. The van der Waals surface area contributed by atoms with Gasteiger partial charge in [0.05, 0.1) is 29.1 Å². The van der Waals surface area contributed by atoms with Gasteiger partial charge >= 0.3 is 0 Å². The van der Waals surface area contributed by atoms with Crippen LogP contribution in [0.1, 0.15) is 5.56 Å². The van der Waals surface area contributed by atoms with Gasteiger partial charge in [-0.3, -0.25) is 4.98 Å². The summed E-state index contributed by atoms with van der Waals surface area (Å²) in [6, 6.07) is 3.61. The van der Waals surface area contributed by atoms with Crippen LogP contribution in [0.15, 0.2) is 24.7 Å². The summed E-state index contributed by atoms with van der Waals surface area (Å²) < 4.78 is 0. The topological polar surface area (TPSA) is 118 Å². The Morgan fingerprint density at radius 1 is 1.15 bits per heavy atom. The molecule has 0 fully saturated rings. The molecule has 0 radical (unpaired) electrons. The smallest absolute Gasteiger partial charge is 0.165 e. The number of aliphatic hydroxyl groups is 2. The van der Waals surface area contributed by atoms with Crippen LogP contribution in [-0.4, -0.2) is 42.9 Å². The number of nitrogen functional groups attached to an aromatic ring is 1. The Labute approximate surface area is 114 Å². The molecule has 3 aromatic heterocycles. The molecule has 7 heteroatoms. The summed E-state index contributed by atoms with van der Waals surface area (Å²) >= 11 is 0. The van der Waals surface area contributed by atoms with Gasteiger partial charge < -0.3 is 15.9 Å². The number of fused-ring (bicyclic) bond motifs is 2. The van der Waals surface area contributed by atoms with Crippen molar-refractivity contribution in [2.24, 2.45) is 0 Å². The first-order chi connectivity index (χ1) is 9.67. The lowest BCUT2D eigenvalue weighted by Gasteiger charge is -2.08. The zero-order chi connectivity index (χ0) is 14.1. The number of anilines is 1. The van der Waals surface area contributed by atoms with Gasteiger partial charge in [-0.1, -0.05) is 0 Å². The van der Waals surface area contributed by atoms with Gasteiger partial charge in [-0.15, -0.1) is 0 Å². The molecule has 0 aliphatic carbocycles. The second-order valence-corrected chi connectivity index (χ2v) is 4.54. The number of hydrogen-bond acceptors (Lipinski definition) is 7. The van der Waals surface area contributed by atoms with Gasteiger partial charge in [0.2, 0.25) is 0 Å². The summed E-state index contributed by atoms with van der Waals surface area (Å²) in [6.07, 6.45) is 2.54. The van der Waals surface area contributed by atoms with Crippen LogP contribution in [0, 0.1) is 0 Å². The molecule has 0 aliphatic heterocycles. The highest BCUT2D eigenvalue weighted by Crippen LogP contribution is 2.20. The van der Waals surface area contributed by atoms with Gasteiger partial charge in [-0.25, -0.2) is 15.0 Å². The minimum atomic E-state index is -0.798. The van der Waals surface area contributed by atoms with Gasteiger partial charge in [0.25, 0.3) is 0 Å². The maximum absolute atomic E-state index is 9.46. The number of pyridine rings is 2. The first-order valence-electron chi connectivity index (χ1n) is 6.12. The number of aromatic nitrogens is 4. The van der Waals surface area contributed by atoms with Crippen LogP contribution in [0.25, 0.3) is 22.1 Å².